The molecule has 1 heterocycles. The van der Waals surface area contributed by atoms with Crippen molar-refractivity contribution in [3.8, 4) is 5.88 Å². The summed E-state index contributed by atoms with van der Waals surface area (Å²) in [5.41, 5.74) is 0.227. The average Bonchev–Trinajstić information content (AvgIpc) is 2.73. The first-order valence-corrected chi connectivity index (χ1v) is 5.73. The molecule has 1 aromatic rings. The zero-order valence-corrected chi connectivity index (χ0v) is 9.52. The lowest BCUT2D eigenvalue weighted by molar-refractivity contribution is 0.201. The number of rotatable bonds is 3. The number of nitrogens with zero attached hydrogens (tertiary/aromatic N) is 1. The second-order valence-electron chi connectivity index (χ2n) is 3.92. The molecule has 0 amide bonds. The van der Waals surface area contributed by atoms with E-state index in [9.17, 15) is 0 Å². The summed E-state index contributed by atoms with van der Waals surface area (Å²) in [5.74, 6) is 0.291. The number of hydrogen-bond donors (Lipinski definition) is 2. The molecule has 0 saturated heterocycles. The summed E-state index contributed by atoms with van der Waals surface area (Å²) >= 11 is 5.97. The summed E-state index contributed by atoms with van der Waals surface area (Å²) < 4.78 is 5.63. The van der Waals surface area contributed by atoms with E-state index in [0.29, 0.717) is 5.88 Å². The molecule has 6 heteroatoms. The number of halogens is 1. The Kier molecular flexibility index (Phi) is 3.68. The Hall–Kier alpha value is -0.775. The molecular formula is C10H13BClNO3. The summed E-state index contributed by atoms with van der Waals surface area (Å²) in [7, 11) is -1.60. The normalized spacial score (nSPS) is 16.4. The Balaban J connectivity index is 2.17. The first-order valence-electron chi connectivity index (χ1n) is 5.35. The predicted molar refractivity (Wildman–Crippen MR) is 62.0 cm³/mol. The van der Waals surface area contributed by atoms with Gasteiger partial charge in [0.15, 0.2) is 0 Å². The highest BCUT2D eigenvalue weighted by Crippen LogP contribution is 2.26. The molecular weight excluding hydrogens is 228 g/mol. The fourth-order valence-corrected chi connectivity index (χ4v) is 2.14. The van der Waals surface area contributed by atoms with Crippen LogP contribution >= 0.6 is 11.6 Å². The highest BCUT2D eigenvalue weighted by Gasteiger charge is 2.22. The minimum atomic E-state index is -1.60. The Labute approximate surface area is 99.4 Å². The van der Waals surface area contributed by atoms with Gasteiger partial charge in [-0.05, 0) is 31.7 Å². The third kappa shape index (κ3) is 2.48. The first kappa shape index (κ1) is 11.7. The molecule has 0 bridgehead atoms. The molecule has 2 N–H and O–H groups in total. The van der Waals surface area contributed by atoms with E-state index in [1.807, 2.05) is 0 Å². The Morgan fingerprint density at radius 1 is 1.38 bits per heavy atom. The third-order valence-electron chi connectivity index (χ3n) is 2.75. The van der Waals surface area contributed by atoms with Crippen molar-refractivity contribution in [2.75, 3.05) is 0 Å². The van der Waals surface area contributed by atoms with Crippen LogP contribution in [0.5, 0.6) is 5.88 Å². The average molecular weight is 241 g/mol. The molecule has 1 fully saturated rings. The molecule has 0 atom stereocenters. The van der Waals surface area contributed by atoms with Crippen LogP contribution < -0.4 is 10.2 Å². The van der Waals surface area contributed by atoms with E-state index in [-0.39, 0.29) is 16.6 Å². The molecule has 0 unspecified atom stereocenters. The predicted octanol–water partition coefficient (Wildman–Crippen LogP) is 0.736. The van der Waals surface area contributed by atoms with Crippen LogP contribution in [0.15, 0.2) is 12.3 Å². The second-order valence-corrected chi connectivity index (χ2v) is 4.30. The standard InChI is InChI=1S/C10H13BClNO3/c12-9-8(11(14)15)5-6-13-10(9)16-7-3-1-2-4-7/h5-7,14-15H,1-4H2. The van der Waals surface area contributed by atoms with Crippen molar-refractivity contribution in [1.82, 2.24) is 4.98 Å². The molecule has 16 heavy (non-hydrogen) atoms. The van der Waals surface area contributed by atoms with E-state index in [1.165, 1.54) is 12.3 Å². The van der Waals surface area contributed by atoms with Gasteiger partial charge < -0.3 is 14.8 Å². The fourth-order valence-electron chi connectivity index (χ4n) is 1.88. The highest BCUT2D eigenvalue weighted by molar-refractivity contribution is 6.63. The van der Waals surface area contributed by atoms with Crippen molar-refractivity contribution in [2.24, 2.45) is 0 Å². The summed E-state index contributed by atoms with van der Waals surface area (Å²) in [6.07, 6.45) is 5.93. The third-order valence-corrected chi connectivity index (χ3v) is 3.13. The Morgan fingerprint density at radius 3 is 2.69 bits per heavy atom. The monoisotopic (exact) mass is 241 g/mol. The van der Waals surface area contributed by atoms with Crippen LogP contribution in [0.25, 0.3) is 0 Å². The molecule has 1 aromatic heterocycles. The lowest BCUT2D eigenvalue weighted by Gasteiger charge is -2.14. The molecule has 1 aliphatic rings. The second kappa shape index (κ2) is 5.04. The van der Waals surface area contributed by atoms with E-state index >= 15 is 0 Å². The molecule has 86 valence electrons. The van der Waals surface area contributed by atoms with E-state index in [4.69, 9.17) is 26.4 Å². The maximum Gasteiger partial charge on any atom is 0.490 e. The molecule has 0 spiro atoms. The van der Waals surface area contributed by atoms with Gasteiger partial charge in [-0.25, -0.2) is 4.98 Å². The van der Waals surface area contributed by atoms with E-state index in [0.717, 1.165) is 25.7 Å². The Bertz CT molecular complexity index is 369. The zero-order chi connectivity index (χ0) is 11.5. The molecule has 0 aromatic carbocycles. The van der Waals surface area contributed by atoms with Gasteiger partial charge in [0.05, 0.1) is 0 Å². The fraction of sp³-hybridized carbons (Fsp3) is 0.500. The summed E-state index contributed by atoms with van der Waals surface area (Å²) in [4.78, 5) is 4.01. The largest absolute Gasteiger partial charge is 0.490 e. The van der Waals surface area contributed by atoms with Crippen molar-refractivity contribution in [3.63, 3.8) is 0 Å². The highest BCUT2D eigenvalue weighted by atomic mass is 35.5. The van der Waals surface area contributed by atoms with Gasteiger partial charge in [0, 0.05) is 11.7 Å². The van der Waals surface area contributed by atoms with Gasteiger partial charge >= 0.3 is 7.12 Å². The topological polar surface area (TPSA) is 62.6 Å². The Morgan fingerprint density at radius 2 is 2.06 bits per heavy atom. The number of pyridine rings is 1. The van der Waals surface area contributed by atoms with Crippen LogP contribution in [0.1, 0.15) is 25.7 Å². The van der Waals surface area contributed by atoms with Crippen LogP contribution in [0, 0.1) is 0 Å². The van der Waals surface area contributed by atoms with Crippen molar-refractivity contribution >= 4 is 24.2 Å². The van der Waals surface area contributed by atoms with Gasteiger partial charge in [-0.15, -0.1) is 0 Å². The van der Waals surface area contributed by atoms with Gasteiger partial charge in [-0.1, -0.05) is 11.6 Å². The molecule has 1 aliphatic carbocycles. The number of hydrogen-bond acceptors (Lipinski definition) is 4. The summed E-state index contributed by atoms with van der Waals surface area (Å²) in [5, 5.41) is 18.3. The molecule has 0 radical (unpaired) electrons. The van der Waals surface area contributed by atoms with Crippen molar-refractivity contribution in [3.05, 3.63) is 17.3 Å². The van der Waals surface area contributed by atoms with Crippen molar-refractivity contribution in [1.29, 1.82) is 0 Å². The van der Waals surface area contributed by atoms with Crippen LogP contribution in [0.4, 0.5) is 0 Å². The van der Waals surface area contributed by atoms with E-state index in [2.05, 4.69) is 4.98 Å². The van der Waals surface area contributed by atoms with Gasteiger partial charge in [-0.3, -0.25) is 0 Å². The quantitative estimate of drug-likeness (QED) is 0.766. The maximum absolute atomic E-state index is 9.08. The summed E-state index contributed by atoms with van der Waals surface area (Å²) in [6.45, 7) is 0. The first-order chi connectivity index (χ1) is 7.68. The molecule has 4 nitrogen and oxygen atoms in total. The number of ether oxygens (including phenoxy) is 1. The minimum Gasteiger partial charge on any atom is -0.473 e. The van der Waals surface area contributed by atoms with Crippen molar-refractivity contribution < 1.29 is 14.8 Å². The SMILES string of the molecule is OB(O)c1ccnc(OC2CCCC2)c1Cl. The van der Waals surface area contributed by atoms with Crippen LogP contribution in [0.3, 0.4) is 0 Å². The lowest BCUT2D eigenvalue weighted by atomic mass is 9.81. The molecule has 2 rings (SSSR count). The lowest BCUT2D eigenvalue weighted by Crippen LogP contribution is -2.31. The van der Waals surface area contributed by atoms with Crippen LogP contribution in [0.2, 0.25) is 5.02 Å². The summed E-state index contributed by atoms with van der Waals surface area (Å²) in [6, 6.07) is 1.47. The van der Waals surface area contributed by atoms with Gasteiger partial charge in [0.25, 0.3) is 0 Å². The van der Waals surface area contributed by atoms with Crippen molar-refractivity contribution in [2.45, 2.75) is 31.8 Å². The molecule has 1 saturated carbocycles. The van der Waals surface area contributed by atoms with Crippen LogP contribution in [-0.2, 0) is 0 Å². The molecule has 0 aliphatic heterocycles. The minimum absolute atomic E-state index is 0.149. The van der Waals surface area contributed by atoms with Gasteiger partial charge in [0.2, 0.25) is 5.88 Å². The van der Waals surface area contributed by atoms with Gasteiger partial charge in [-0.2, -0.15) is 0 Å². The van der Waals surface area contributed by atoms with Crippen LogP contribution in [-0.4, -0.2) is 28.3 Å². The van der Waals surface area contributed by atoms with Gasteiger partial charge in [0.1, 0.15) is 11.1 Å². The van der Waals surface area contributed by atoms with E-state index < -0.39 is 7.12 Å². The maximum atomic E-state index is 9.08. The zero-order valence-electron chi connectivity index (χ0n) is 8.77. The van der Waals surface area contributed by atoms with E-state index in [1.54, 1.807) is 0 Å². The number of aromatic nitrogens is 1. The smallest absolute Gasteiger partial charge is 0.473 e.